The Morgan fingerprint density at radius 1 is 1.39 bits per heavy atom. The number of carbonyl (C=O) groups is 2. The Bertz CT molecular complexity index is 544. The maximum absolute atomic E-state index is 12.3. The molecule has 0 aromatic heterocycles. The molecule has 1 aromatic carbocycles. The Balaban J connectivity index is 2.97. The second-order valence-electron chi connectivity index (χ2n) is 6.28. The van der Waals surface area contributed by atoms with Crippen LogP contribution in [0.5, 0.6) is 5.75 Å². The summed E-state index contributed by atoms with van der Waals surface area (Å²) in [5.74, 6) is -0.179. The van der Waals surface area contributed by atoms with Crippen molar-refractivity contribution in [2.45, 2.75) is 52.0 Å². The van der Waals surface area contributed by atoms with Crippen LogP contribution in [-0.2, 0) is 15.1 Å². The van der Waals surface area contributed by atoms with E-state index in [0.29, 0.717) is 12.2 Å². The van der Waals surface area contributed by atoms with Crippen LogP contribution in [0.3, 0.4) is 0 Å². The van der Waals surface area contributed by atoms with Crippen LogP contribution in [0, 0.1) is 5.92 Å². The highest BCUT2D eigenvalue weighted by atomic mass is 16.5. The minimum Gasteiger partial charge on any atom is -0.497 e. The van der Waals surface area contributed by atoms with Gasteiger partial charge in [-0.3, -0.25) is 9.59 Å². The zero-order chi connectivity index (χ0) is 17.5. The van der Waals surface area contributed by atoms with Crippen LogP contribution >= 0.6 is 0 Å². The van der Waals surface area contributed by atoms with Gasteiger partial charge in [-0.15, -0.1) is 0 Å². The van der Waals surface area contributed by atoms with E-state index in [9.17, 15) is 14.7 Å². The highest BCUT2D eigenvalue weighted by Crippen LogP contribution is 2.28. The number of benzene rings is 1. The molecule has 2 atom stereocenters. The monoisotopic (exact) mass is 321 g/mol. The van der Waals surface area contributed by atoms with Crippen LogP contribution < -0.4 is 10.1 Å². The topological polar surface area (TPSA) is 75.6 Å². The van der Waals surface area contributed by atoms with Crippen LogP contribution in [0.2, 0.25) is 0 Å². The van der Waals surface area contributed by atoms with Gasteiger partial charge in [-0.05, 0) is 30.5 Å². The SMILES string of the molecule is CCCC(C)CC(=O)NC(C)(CC(=O)O)c1cccc(OC)c1. The van der Waals surface area contributed by atoms with Crippen molar-refractivity contribution in [3.8, 4) is 5.75 Å². The van der Waals surface area contributed by atoms with Gasteiger partial charge in [0.25, 0.3) is 0 Å². The lowest BCUT2D eigenvalue weighted by Gasteiger charge is -2.31. The number of amides is 1. The maximum Gasteiger partial charge on any atom is 0.306 e. The molecule has 0 fully saturated rings. The number of ether oxygens (including phenoxy) is 1. The van der Waals surface area contributed by atoms with Crippen LogP contribution in [0.4, 0.5) is 0 Å². The number of methoxy groups -OCH3 is 1. The molecule has 0 saturated carbocycles. The molecule has 0 spiro atoms. The summed E-state index contributed by atoms with van der Waals surface area (Å²) in [5.41, 5.74) is -0.251. The fraction of sp³-hybridized carbons (Fsp3) is 0.556. The van der Waals surface area contributed by atoms with Gasteiger partial charge >= 0.3 is 5.97 Å². The lowest BCUT2D eigenvalue weighted by molar-refractivity contribution is -0.139. The number of hydrogen-bond acceptors (Lipinski definition) is 3. The molecule has 0 saturated heterocycles. The summed E-state index contributed by atoms with van der Waals surface area (Å²) in [6, 6.07) is 7.15. The van der Waals surface area contributed by atoms with Gasteiger partial charge in [0.1, 0.15) is 5.75 Å². The van der Waals surface area contributed by atoms with Gasteiger partial charge in [0.2, 0.25) is 5.91 Å². The molecule has 5 heteroatoms. The van der Waals surface area contributed by atoms with Crippen LogP contribution in [0.25, 0.3) is 0 Å². The number of carboxylic acid groups (broad SMARTS) is 1. The van der Waals surface area contributed by atoms with Gasteiger partial charge in [-0.25, -0.2) is 0 Å². The molecule has 128 valence electrons. The first-order chi connectivity index (χ1) is 10.8. The lowest BCUT2D eigenvalue weighted by Crippen LogP contribution is -2.45. The summed E-state index contributed by atoms with van der Waals surface area (Å²) in [6.07, 6.45) is 2.21. The van der Waals surface area contributed by atoms with E-state index in [2.05, 4.69) is 12.2 Å². The third-order valence-corrected chi connectivity index (χ3v) is 3.94. The van der Waals surface area contributed by atoms with Crippen molar-refractivity contribution in [1.29, 1.82) is 0 Å². The standard InChI is InChI=1S/C18H27NO4/c1-5-7-13(2)10-16(20)19-18(3,12-17(21)22)14-8-6-9-15(11-14)23-4/h6,8-9,11,13H,5,7,10,12H2,1-4H3,(H,19,20)(H,21,22). The van der Waals surface area contributed by atoms with E-state index in [0.717, 1.165) is 18.4 Å². The van der Waals surface area contributed by atoms with E-state index >= 15 is 0 Å². The quantitative estimate of drug-likeness (QED) is 0.731. The molecule has 23 heavy (non-hydrogen) atoms. The highest BCUT2D eigenvalue weighted by molar-refractivity contribution is 5.79. The van der Waals surface area contributed by atoms with Gasteiger partial charge in [0.15, 0.2) is 0 Å². The Kier molecular flexibility index (Phi) is 7.07. The summed E-state index contributed by atoms with van der Waals surface area (Å²) >= 11 is 0. The number of carboxylic acids is 1. The molecule has 1 rings (SSSR count). The minimum atomic E-state index is -0.969. The third-order valence-electron chi connectivity index (χ3n) is 3.94. The normalized spacial score (nSPS) is 14.6. The molecule has 2 N–H and O–H groups in total. The van der Waals surface area contributed by atoms with Crippen LogP contribution in [0.15, 0.2) is 24.3 Å². The highest BCUT2D eigenvalue weighted by Gasteiger charge is 2.32. The van der Waals surface area contributed by atoms with Crippen molar-refractivity contribution in [3.05, 3.63) is 29.8 Å². The van der Waals surface area contributed by atoms with E-state index in [-0.39, 0.29) is 18.2 Å². The summed E-state index contributed by atoms with van der Waals surface area (Å²) in [5, 5.41) is 12.1. The van der Waals surface area contributed by atoms with Crippen molar-refractivity contribution in [2.24, 2.45) is 5.92 Å². The second-order valence-corrected chi connectivity index (χ2v) is 6.28. The summed E-state index contributed by atoms with van der Waals surface area (Å²) in [6.45, 7) is 5.85. The van der Waals surface area contributed by atoms with E-state index in [1.165, 1.54) is 0 Å². The number of carbonyl (C=O) groups excluding carboxylic acids is 1. The fourth-order valence-corrected chi connectivity index (χ4v) is 2.76. The first kappa shape index (κ1) is 19.0. The first-order valence-electron chi connectivity index (χ1n) is 7.98. The molecule has 0 aliphatic rings. The van der Waals surface area contributed by atoms with Crippen molar-refractivity contribution in [2.75, 3.05) is 7.11 Å². The van der Waals surface area contributed by atoms with E-state index in [1.807, 2.05) is 6.92 Å². The predicted molar refractivity (Wildman–Crippen MR) is 89.4 cm³/mol. The number of aliphatic carboxylic acids is 1. The van der Waals surface area contributed by atoms with Crippen LogP contribution in [-0.4, -0.2) is 24.1 Å². The molecule has 0 heterocycles. The third kappa shape index (κ3) is 5.93. The van der Waals surface area contributed by atoms with Gasteiger partial charge in [-0.2, -0.15) is 0 Å². The number of hydrogen-bond donors (Lipinski definition) is 2. The molecule has 0 bridgehead atoms. The first-order valence-corrected chi connectivity index (χ1v) is 7.98. The van der Waals surface area contributed by atoms with Crippen molar-refractivity contribution >= 4 is 11.9 Å². The van der Waals surface area contributed by atoms with E-state index in [1.54, 1.807) is 38.3 Å². The van der Waals surface area contributed by atoms with Crippen LogP contribution in [0.1, 0.15) is 52.0 Å². The molecular weight excluding hydrogens is 294 g/mol. The Morgan fingerprint density at radius 3 is 2.65 bits per heavy atom. The zero-order valence-electron chi connectivity index (χ0n) is 14.4. The van der Waals surface area contributed by atoms with Gasteiger partial charge < -0.3 is 15.2 Å². The van der Waals surface area contributed by atoms with Crippen molar-refractivity contribution < 1.29 is 19.4 Å². The molecule has 0 aliphatic carbocycles. The second kappa shape index (κ2) is 8.56. The molecule has 0 aliphatic heterocycles. The van der Waals surface area contributed by atoms with Gasteiger partial charge in [0.05, 0.1) is 19.1 Å². The summed E-state index contributed by atoms with van der Waals surface area (Å²) in [7, 11) is 1.55. The Hall–Kier alpha value is -2.04. The minimum absolute atomic E-state index is 0.127. The molecule has 1 amide bonds. The lowest BCUT2D eigenvalue weighted by atomic mass is 9.87. The van der Waals surface area contributed by atoms with E-state index in [4.69, 9.17) is 4.74 Å². The largest absolute Gasteiger partial charge is 0.497 e. The Morgan fingerprint density at radius 2 is 2.09 bits per heavy atom. The Labute approximate surface area is 138 Å². The maximum atomic E-state index is 12.3. The van der Waals surface area contributed by atoms with Crippen molar-refractivity contribution in [1.82, 2.24) is 5.32 Å². The fourth-order valence-electron chi connectivity index (χ4n) is 2.76. The van der Waals surface area contributed by atoms with Crippen molar-refractivity contribution in [3.63, 3.8) is 0 Å². The molecule has 0 radical (unpaired) electrons. The predicted octanol–water partition coefficient (Wildman–Crippen LogP) is 3.33. The van der Waals surface area contributed by atoms with Gasteiger partial charge in [0, 0.05) is 6.42 Å². The molecule has 2 unspecified atom stereocenters. The summed E-state index contributed by atoms with van der Waals surface area (Å²) in [4.78, 5) is 23.6. The zero-order valence-corrected chi connectivity index (χ0v) is 14.4. The molecule has 1 aromatic rings. The van der Waals surface area contributed by atoms with Gasteiger partial charge in [-0.1, -0.05) is 38.8 Å². The number of nitrogens with one attached hydrogen (secondary N) is 1. The molecule has 5 nitrogen and oxygen atoms in total. The summed E-state index contributed by atoms with van der Waals surface area (Å²) < 4.78 is 5.20. The van der Waals surface area contributed by atoms with E-state index < -0.39 is 11.5 Å². The smallest absolute Gasteiger partial charge is 0.306 e. The molecular formula is C18H27NO4. The number of rotatable bonds is 9. The average molecular weight is 321 g/mol. The average Bonchev–Trinajstić information content (AvgIpc) is 2.46.